The number of pyridine rings is 1. The van der Waals surface area contributed by atoms with Crippen LogP contribution < -0.4 is 10.6 Å². The third-order valence-corrected chi connectivity index (χ3v) is 3.18. The molecule has 0 atom stereocenters. The van der Waals surface area contributed by atoms with E-state index in [1.54, 1.807) is 30.3 Å². The number of carbonyl (C=O) groups is 2. The minimum absolute atomic E-state index is 0.364. The minimum Gasteiger partial charge on any atom is -0.465 e. The SMILES string of the molecule is COC(=O)Nc1ccc(Nc2cc(C(=O)OC)ccc2Cl)nc1. The van der Waals surface area contributed by atoms with E-state index in [2.05, 4.69) is 25.1 Å². The highest BCUT2D eigenvalue weighted by Crippen LogP contribution is 2.26. The zero-order valence-electron chi connectivity index (χ0n) is 12.4. The molecule has 2 rings (SSSR count). The fraction of sp³-hybridized carbons (Fsp3) is 0.133. The number of carbonyl (C=O) groups excluding carboxylic acids is 2. The first-order valence-electron chi connectivity index (χ1n) is 6.49. The van der Waals surface area contributed by atoms with Crippen LogP contribution in [0.25, 0.3) is 0 Å². The Balaban J connectivity index is 2.15. The van der Waals surface area contributed by atoms with E-state index in [0.717, 1.165) is 0 Å². The fourth-order valence-corrected chi connectivity index (χ4v) is 1.88. The van der Waals surface area contributed by atoms with Crippen molar-refractivity contribution in [3.63, 3.8) is 0 Å². The van der Waals surface area contributed by atoms with Gasteiger partial charge in [0.1, 0.15) is 5.82 Å². The molecular formula is C15H14ClN3O4. The van der Waals surface area contributed by atoms with Crippen LogP contribution in [0.4, 0.5) is 22.0 Å². The van der Waals surface area contributed by atoms with Gasteiger partial charge < -0.3 is 14.8 Å². The number of aromatic nitrogens is 1. The van der Waals surface area contributed by atoms with Crippen LogP contribution in [0, 0.1) is 0 Å². The summed E-state index contributed by atoms with van der Waals surface area (Å²) < 4.78 is 9.15. The van der Waals surface area contributed by atoms with E-state index in [4.69, 9.17) is 11.6 Å². The summed E-state index contributed by atoms with van der Waals surface area (Å²) in [5.74, 6) is 0.0274. The average Bonchev–Trinajstić information content (AvgIpc) is 2.57. The van der Waals surface area contributed by atoms with E-state index < -0.39 is 12.1 Å². The number of halogens is 1. The highest BCUT2D eigenvalue weighted by atomic mass is 35.5. The number of ether oxygens (including phenoxy) is 2. The Hall–Kier alpha value is -2.80. The number of hydrogen-bond acceptors (Lipinski definition) is 6. The quantitative estimate of drug-likeness (QED) is 0.832. The lowest BCUT2D eigenvalue weighted by Crippen LogP contribution is -2.11. The van der Waals surface area contributed by atoms with Crippen LogP contribution >= 0.6 is 11.6 Å². The predicted molar refractivity (Wildman–Crippen MR) is 86.3 cm³/mol. The van der Waals surface area contributed by atoms with Gasteiger partial charge in [-0.1, -0.05) is 11.6 Å². The number of benzene rings is 1. The summed E-state index contributed by atoms with van der Waals surface area (Å²) in [6, 6.07) is 8.01. The van der Waals surface area contributed by atoms with Gasteiger partial charge in [-0.25, -0.2) is 14.6 Å². The van der Waals surface area contributed by atoms with Gasteiger partial charge in [-0.05, 0) is 30.3 Å². The molecule has 0 unspecified atom stereocenters. The van der Waals surface area contributed by atoms with Crippen molar-refractivity contribution in [2.45, 2.75) is 0 Å². The number of hydrogen-bond donors (Lipinski definition) is 2. The van der Waals surface area contributed by atoms with Crippen LogP contribution in [-0.4, -0.2) is 31.3 Å². The van der Waals surface area contributed by atoms with Crippen molar-refractivity contribution < 1.29 is 19.1 Å². The summed E-state index contributed by atoms with van der Waals surface area (Å²) in [6.45, 7) is 0. The molecule has 0 aliphatic heterocycles. The fourth-order valence-electron chi connectivity index (χ4n) is 1.71. The van der Waals surface area contributed by atoms with Crippen molar-refractivity contribution in [2.75, 3.05) is 24.9 Å². The van der Waals surface area contributed by atoms with Gasteiger partial charge in [0, 0.05) is 0 Å². The molecule has 2 N–H and O–H groups in total. The minimum atomic E-state index is -0.582. The van der Waals surface area contributed by atoms with Crippen molar-refractivity contribution in [3.8, 4) is 0 Å². The van der Waals surface area contributed by atoms with Gasteiger partial charge in [0.25, 0.3) is 0 Å². The van der Waals surface area contributed by atoms with Crippen LogP contribution in [0.5, 0.6) is 0 Å². The van der Waals surface area contributed by atoms with Crippen LogP contribution in [0.3, 0.4) is 0 Å². The van der Waals surface area contributed by atoms with E-state index in [1.807, 2.05) is 0 Å². The van der Waals surface area contributed by atoms with E-state index >= 15 is 0 Å². The summed E-state index contributed by atoms with van der Waals surface area (Å²) in [5, 5.41) is 5.91. The molecule has 2 aromatic rings. The molecule has 0 saturated carbocycles. The lowest BCUT2D eigenvalue weighted by Gasteiger charge is -2.10. The Morgan fingerprint density at radius 2 is 1.91 bits per heavy atom. The largest absolute Gasteiger partial charge is 0.465 e. The number of methoxy groups -OCH3 is 2. The number of esters is 1. The first-order chi connectivity index (χ1) is 11.0. The molecule has 120 valence electrons. The van der Waals surface area contributed by atoms with Gasteiger partial charge in [0.05, 0.1) is 42.4 Å². The van der Waals surface area contributed by atoms with Crippen molar-refractivity contribution in [3.05, 3.63) is 47.1 Å². The molecule has 0 saturated heterocycles. The lowest BCUT2D eigenvalue weighted by molar-refractivity contribution is 0.0600. The number of nitrogens with one attached hydrogen (secondary N) is 2. The second kappa shape index (κ2) is 7.46. The first kappa shape index (κ1) is 16.6. The van der Waals surface area contributed by atoms with Gasteiger partial charge in [0.2, 0.25) is 0 Å². The Labute approximate surface area is 137 Å². The predicted octanol–water partition coefficient (Wildman–Crippen LogP) is 3.44. The maximum atomic E-state index is 11.5. The highest BCUT2D eigenvalue weighted by Gasteiger charge is 2.10. The van der Waals surface area contributed by atoms with Crippen molar-refractivity contribution in [2.24, 2.45) is 0 Å². The van der Waals surface area contributed by atoms with E-state index in [-0.39, 0.29) is 0 Å². The lowest BCUT2D eigenvalue weighted by atomic mass is 10.2. The molecule has 1 heterocycles. The van der Waals surface area contributed by atoms with Crippen LogP contribution in [0.2, 0.25) is 5.02 Å². The molecular weight excluding hydrogens is 322 g/mol. The molecule has 0 fully saturated rings. The molecule has 23 heavy (non-hydrogen) atoms. The van der Waals surface area contributed by atoms with Crippen molar-refractivity contribution in [1.82, 2.24) is 4.98 Å². The third-order valence-electron chi connectivity index (χ3n) is 2.85. The van der Waals surface area contributed by atoms with Gasteiger partial charge in [-0.3, -0.25) is 5.32 Å². The molecule has 0 aliphatic rings. The Bertz CT molecular complexity index is 719. The molecule has 8 heteroatoms. The normalized spacial score (nSPS) is 9.87. The van der Waals surface area contributed by atoms with Crippen LogP contribution in [0.15, 0.2) is 36.5 Å². The highest BCUT2D eigenvalue weighted by molar-refractivity contribution is 6.33. The van der Waals surface area contributed by atoms with Crippen LogP contribution in [-0.2, 0) is 9.47 Å². The van der Waals surface area contributed by atoms with E-state index in [1.165, 1.54) is 20.4 Å². The van der Waals surface area contributed by atoms with Crippen molar-refractivity contribution >= 4 is 40.9 Å². The maximum absolute atomic E-state index is 11.5. The Kier molecular flexibility index (Phi) is 5.37. The first-order valence-corrected chi connectivity index (χ1v) is 6.87. The summed E-state index contributed by atoms with van der Waals surface area (Å²) in [6.07, 6.45) is 0.874. The maximum Gasteiger partial charge on any atom is 0.411 e. The van der Waals surface area contributed by atoms with E-state index in [0.29, 0.717) is 27.8 Å². The molecule has 0 aliphatic carbocycles. The summed E-state index contributed by atoms with van der Waals surface area (Å²) >= 11 is 6.10. The molecule has 1 aromatic carbocycles. The molecule has 7 nitrogen and oxygen atoms in total. The monoisotopic (exact) mass is 335 g/mol. The number of anilines is 3. The number of rotatable bonds is 4. The van der Waals surface area contributed by atoms with Gasteiger partial charge >= 0.3 is 12.1 Å². The second-order valence-electron chi connectivity index (χ2n) is 4.36. The molecule has 0 spiro atoms. The van der Waals surface area contributed by atoms with Crippen molar-refractivity contribution in [1.29, 1.82) is 0 Å². The number of nitrogens with zero attached hydrogens (tertiary/aromatic N) is 1. The Morgan fingerprint density at radius 1 is 1.13 bits per heavy atom. The summed E-state index contributed by atoms with van der Waals surface area (Å²) in [5.41, 5.74) is 1.36. The topological polar surface area (TPSA) is 89.6 Å². The second-order valence-corrected chi connectivity index (χ2v) is 4.77. The third kappa shape index (κ3) is 4.33. The molecule has 0 radical (unpaired) electrons. The summed E-state index contributed by atoms with van der Waals surface area (Å²) in [4.78, 5) is 26.8. The molecule has 0 bridgehead atoms. The van der Waals surface area contributed by atoms with E-state index in [9.17, 15) is 9.59 Å². The molecule has 1 aromatic heterocycles. The Morgan fingerprint density at radius 3 is 2.52 bits per heavy atom. The van der Waals surface area contributed by atoms with Gasteiger partial charge in [0.15, 0.2) is 0 Å². The van der Waals surface area contributed by atoms with Gasteiger partial charge in [-0.15, -0.1) is 0 Å². The van der Waals surface area contributed by atoms with Gasteiger partial charge in [-0.2, -0.15) is 0 Å². The summed E-state index contributed by atoms with van der Waals surface area (Å²) in [7, 11) is 2.58. The zero-order chi connectivity index (χ0) is 16.8. The zero-order valence-corrected chi connectivity index (χ0v) is 13.2. The number of amides is 1. The van der Waals surface area contributed by atoms with Crippen LogP contribution in [0.1, 0.15) is 10.4 Å². The molecule has 1 amide bonds. The smallest absolute Gasteiger partial charge is 0.411 e. The standard InChI is InChI=1S/C15H14ClN3O4/c1-22-14(20)9-3-5-11(16)12(7-9)19-13-6-4-10(8-17-13)18-15(21)23-2/h3-8H,1-2H3,(H,17,19)(H,18,21). The average molecular weight is 336 g/mol.